The van der Waals surface area contributed by atoms with Crippen LogP contribution in [0.25, 0.3) is 0 Å². The van der Waals surface area contributed by atoms with Crippen LogP contribution >= 0.6 is 0 Å². The summed E-state index contributed by atoms with van der Waals surface area (Å²) in [4.78, 5) is 3.10. The predicted octanol–water partition coefficient (Wildman–Crippen LogP) is 2.01. The first-order valence-corrected chi connectivity index (χ1v) is 5.94. The summed E-state index contributed by atoms with van der Waals surface area (Å²) in [5, 5.41) is 3.48. The van der Waals surface area contributed by atoms with Gasteiger partial charge in [0.1, 0.15) is 0 Å². The smallest absolute Gasteiger partial charge is 0.0109 e. The van der Waals surface area contributed by atoms with Crippen LogP contribution in [0.5, 0.6) is 0 Å². The van der Waals surface area contributed by atoms with Crippen molar-refractivity contribution in [3.8, 4) is 0 Å². The Hall–Kier alpha value is -0.800. The van der Waals surface area contributed by atoms with E-state index in [-0.39, 0.29) is 11.0 Å². The van der Waals surface area contributed by atoms with Crippen LogP contribution < -0.4 is 11.1 Å². The minimum atomic E-state index is -0.0781. The van der Waals surface area contributed by atoms with Crippen LogP contribution in [-0.4, -0.2) is 23.6 Å². The third-order valence-corrected chi connectivity index (χ3v) is 2.89. The molecule has 0 aliphatic rings. The first kappa shape index (κ1) is 13.3. The van der Waals surface area contributed by atoms with Crippen molar-refractivity contribution in [1.29, 1.82) is 0 Å². The van der Waals surface area contributed by atoms with E-state index < -0.39 is 0 Å². The standard InChI is InChI=1S/C13H25N3/c1-12(2,11-5-7-15-9-11)10-16-8-6-13(3,4)14/h5,7,9,15-16H,6,8,10,14H2,1-4H3. The van der Waals surface area contributed by atoms with Gasteiger partial charge in [-0.15, -0.1) is 0 Å². The highest BCUT2D eigenvalue weighted by Gasteiger charge is 2.20. The zero-order chi connectivity index (χ0) is 12.2. The van der Waals surface area contributed by atoms with Crippen molar-refractivity contribution >= 4 is 0 Å². The van der Waals surface area contributed by atoms with Crippen LogP contribution in [0.4, 0.5) is 0 Å². The molecular formula is C13H25N3. The molecule has 1 rings (SSSR count). The van der Waals surface area contributed by atoms with Gasteiger partial charge in [0.15, 0.2) is 0 Å². The molecule has 3 heteroatoms. The molecule has 0 amide bonds. The molecule has 16 heavy (non-hydrogen) atoms. The zero-order valence-corrected chi connectivity index (χ0v) is 10.9. The summed E-state index contributed by atoms with van der Waals surface area (Å²) in [6, 6.07) is 2.13. The van der Waals surface area contributed by atoms with Crippen LogP contribution in [-0.2, 0) is 5.41 Å². The van der Waals surface area contributed by atoms with Crippen LogP contribution in [0.2, 0.25) is 0 Å². The molecule has 0 saturated heterocycles. The molecule has 0 bridgehead atoms. The maximum absolute atomic E-state index is 5.93. The molecule has 1 aromatic rings. The van der Waals surface area contributed by atoms with Gasteiger partial charge in [0.2, 0.25) is 0 Å². The van der Waals surface area contributed by atoms with Gasteiger partial charge in [-0.05, 0) is 38.4 Å². The number of rotatable bonds is 6. The molecule has 0 fully saturated rings. The molecule has 92 valence electrons. The number of aromatic amines is 1. The van der Waals surface area contributed by atoms with E-state index in [9.17, 15) is 0 Å². The van der Waals surface area contributed by atoms with E-state index in [4.69, 9.17) is 5.73 Å². The fourth-order valence-corrected chi connectivity index (χ4v) is 1.66. The molecular weight excluding hydrogens is 198 g/mol. The second-order valence-corrected chi connectivity index (χ2v) is 5.90. The molecule has 0 aromatic carbocycles. The molecule has 4 N–H and O–H groups in total. The van der Waals surface area contributed by atoms with Gasteiger partial charge < -0.3 is 16.0 Å². The zero-order valence-electron chi connectivity index (χ0n) is 10.9. The lowest BCUT2D eigenvalue weighted by Gasteiger charge is -2.25. The molecule has 0 unspecified atom stereocenters. The lowest BCUT2D eigenvalue weighted by molar-refractivity contribution is 0.418. The summed E-state index contributed by atoms with van der Waals surface area (Å²) in [6.07, 6.45) is 5.03. The van der Waals surface area contributed by atoms with Crippen molar-refractivity contribution in [3.05, 3.63) is 24.0 Å². The fourth-order valence-electron chi connectivity index (χ4n) is 1.66. The number of nitrogens with one attached hydrogen (secondary N) is 2. The van der Waals surface area contributed by atoms with Crippen molar-refractivity contribution in [2.45, 2.75) is 45.1 Å². The van der Waals surface area contributed by atoms with Crippen molar-refractivity contribution in [1.82, 2.24) is 10.3 Å². The molecule has 3 nitrogen and oxygen atoms in total. The summed E-state index contributed by atoms with van der Waals surface area (Å²) in [5.41, 5.74) is 7.36. The summed E-state index contributed by atoms with van der Waals surface area (Å²) < 4.78 is 0. The third kappa shape index (κ3) is 4.37. The Bertz CT molecular complexity index is 293. The third-order valence-electron chi connectivity index (χ3n) is 2.89. The van der Waals surface area contributed by atoms with Crippen LogP contribution in [0.15, 0.2) is 18.5 Å². The quantitative estimate of drug-likeness (QED) is 0.646. The summed E-state index contributed by atoms with van der Waals surface area (Å²) in [6.45, 7) is 10.6. The highest BCUT2D eigenvalue weighted by molar-refractivity contribution is 5.20. The Balaban J connectivity index is 2.32. The van der Waals surface area contributed by atoms with Crippen LogP contribution in [0.3, 0.4) is 0 Å². The van der Waals surface area contributed by atoms with E-state index in [0.717, 1.165) is 19.5 Å². The van der Waals surface area contributed by atoms with E-state index in [2.05, 4.69) is 50.3 Å². The van der Waals surface area contributed by atoms with E-state index in [1.165, 1.54) is 5.56 Å². The van der Waals surface area contributed by atoms with E-state index >= 15 is 0 Å². The molecule has 0 aliphatic heterocycles. The number of H-pyrrole nitrogens is 1. The van der Waals surface area contributed by atoms with E-state index in [1.54, 1.807) is 0 Å². The lowest BCUT2D eigenvalue weighted by atomic mass is 9.86. The van der Waals surface area contributed by atoms with Gasteiger partial charge in [0, 0.05) is 29.9 Å². The maximum Gasteiger partial charge on any atom is 0.0109 e. The van der Waals surface area contributed by atoms with Gasteiger partial charge in [-0.1, -0.05) is 13.8 Å². The first-order valence-electron chi connectivity index (χ1n) is 5.94. The van der Waals surface area contributed by atoms with Crippen molar-refractivity contribution < 1.29 is 0 Å². The molecule has 1 heterocycles. The fraction of sp³-hybridized carbons (Fsp3) is 0.692. The highest BCUT2D eigenvalue weighted by atomic mass is 14.9. The largest absolute Gasteiger partial charge is 0.367 e. The topological polar surface area (TPSA) is 53.8 Å². The Morgan fingerprint density at radius 3 is 2.50 bits per heavy atom. The lowest BCUT2D eigenvalue weighted by Crippen LogP contribution is -2.39. The van der Waals surface area contributed by atoms with Crippen LogP contribution in [0, 0.1) is 0 Å². The minimum Gasteiger partial charge on any atom is -0.367 e. The predicted molar refractivity (Wildman–Crippen MR) is 69.6 cm³/mol. The Morgan fingerprint density at radius 2 is 2.00 bits per heavy atom. The van der Waals surface area contributed by atoms with Crippen molar-refractivity contribution in [2.75, 3.05) is 13.1 Å². The monoisotopic (exact) mass is 223 g/mol. The van der Waals surface area contributed by atoms with Gasteiger partial charge in [0.05, 0.1) is 0 Å². The summed E-state index contributed by atoms with van der Waals surface area (Å²) in [7, 11) is 0. The van der Waals surface area contributed by atoms with Crippen molar-refractivity contribution in [2.24, 2.45) is 5.73 Å². The van der Waals surface area contributed by atoms with Gasteiger partial charge in [-0.2, -0.15) is 0 Å². The number of hydrogen-bond donors (Lipinski definition) is 3. The molecule has 0 radical (unpaired) electrons. The Labute approximate surface area is 98.8 Å². The molecule has 0 saturated carbocycles. The number of aromatic nitrogens is 1. The normalized spacial score (nSPS) is 13.1. The first-order chi connectivity index (χ1) is 7.31. The molecule has 1 aromatic heterocycles. The SMILES string of the molecule is CC(C)(N)CCNCC(C)(C)c1cc[nH]c1. The maximum atomic E-state index is 5.93. The molecule has 0 spiro atoms. The second kappa shape index (κ2) is 5.02. The van der Waals surface area contributed by atoms with E-state index in [0.29, 0.717) is 0 Å². The molecule has 0 aliphatic carbocycles. The van der Waals surface area contributed by atoms with Gasteiger partial charge in [0.25, 0.3) is 0 Å². The van der Waals surface area contributed by atoms with E-state index in [1.807, 2.05) is 6.20 Å². The minimum absolute atomic E-state index is 0.0781. The van der Waals surface area contributed by atoms with Gasteiger partial charge in [-0.3, -0.25) is 0 Å². The van der Waals surface area contributed by atoms with Gasteiger partial charge in [-0.25, -0.2) is 0 Å². The van der Waals surface area contributed by atoms with Gasteiger partial charge >= 0.3 is 0 Å². The average molecular weight is 223 g/mol. The second-order valence-electron chi connectivity index (χ2n) is 5.90. The Morgan fingerprint density at radius 1 is 1.31 bits per heavy atom. The van der Waals surface area contributed by atoms with Crippen LogP contribution in [0.1, 0.15) is 39.7 Å². The molecule has 0 atom stereocenters. The summed E-state index contributed by atoms with van der Waals surface area (Å²) >= 11 is 0. The average Bonchev–Trinajstić information content (AvgIpc) is 2.64. The Kier molecular flexibility index (Phi) is 4.16. The summed E-state index contributed by atoms with van der Waals surface area (Å²) in [5.74, 6) is 0. The van der Waals surface area contributed by atoms with Crippen molar-refractivity contribution in [3.63, 3.8) is 0 Å². The number of nitrogens with two attached hydrogens (primary N) is 1. The highest BCUT2D eigenvalue weighted by Crippen LogP contribution is 2.21. The number of hydrogen-bond acceptors (Lipinski definition) is 2.